The third kappa shape index (κ3) is 3.73. The first-order chi connectivity index (χ1) is 5.20. The van der Waals surface area contributed by atoms with E-state index in [2.05, 4.69) is 13.8 Å². The lowest BCUT2D eigenvalue weighted by Gasteiger charge is -2.11. The monoisotopic (exact) mass is 157 g/mol. The van der Waals surface area contributed by atoms with E-state index in [1.165, 1.54) is 12.8 Å². The minimum Gasteiger partial charge on any atom is -0.379 e. The summed E-state index contributed by atoms with van der Waals surface area (Å²) in [6.45, 7) is 4.95. The van der Waals surface area contributed by atoms with Crippen molar-refractivity contribution in [2.45, 2.75) is 45.3 Å². The van der Waals surface area contributed by atoms with Crippen molar-refractivity contribution in [2.24, 2.45) is 11.7 Å². The van der Waals surface area contributed by atoms with Gasteiger partial charge in [0.05, 0.1) is 6.10 Å². The molecule has 0 bridgehead atoms. The molecule has 0 spiro atoms. The first-order valence-electron chi connectivity index (χ1n) is 4.57. The molecule has 0 radical (unpaired) electrons. The van der Waals surface area contributed by atoms with Crippen molar-refractivity contribution in [3.05, 3.63) is 0 Å². The molecule has 0 saturated heterocycles. The van der Waals surface area contributed by atoms with Gasteiger partial charge in [0, 0.05) is 12.6 Å². The van der Waals surface area contributed by atoms with E-state index in [0.717, 1.165) is 18.9 Å². The van der Waals surface area contributed by atoms with E-state index < -0.39 is 0 Å². The highest BCUT2D eigenvalue weighted by atomic mass is 16.5. The Balaban J connectivity index is 1.93. The summed E-state index contributed by atoms with van der Waals surface area (Å²) >= 11 is 0. The number of rotatable bonds is 5. The highest BCUT2D eigenvalue weighted by Gasteiger charge is 2.27. The molecular formula is C9H19NO. The third-order valence-corrected chi connectivity index (χ3v) is 2.13. The van der Waals surface area contributed by atoms with Crippen molar-refractivity contribution in [3.8, 4) is 0 Å². The van der Waals surface area contributed by atoms with Crippen molar-refractivity contribution in [3.63, 3.8) is 0 Å². The Labute approximate surface area is 69.1 Å². The van der Waals surface area contributed by atoms with Gasteiger partial charge in [-0.05, 0) is 39.0 Å². The highest BCUT2D eigenvalue weighted by Crippen LogP contribution is 2.32. The van der Waals surface area contributed by atoms with Crippen LogP contribution in [0.2, 0.25) is 0 Å². The standard InChI is InChI=1S/C9H19NO/c1-7(2)11-6-5-9(10)8-3-4-8/h7-9H,3-6,10H2,1-2H3. The maximum absolute atomic E-state index is 5.89. The van der Waals surface area contributed by atoms with Crippen molar-refractivity contribution in [1.29, 1.82) is 0 Å². The van der Waals surface area contributed by atoms with Crippen molar-refractivity contribution >= 4 is 0 Å². The number of nitrogens with two attached hydrogens (primary N) is 1. The van der Waals surface area contributed by atoms with Crippen LogP contribution < -0.4 is 5.73 Å². The first-order valence-corrected chi connectivity index (χ1v) is 4.57. The molecule has 1 aliphatic carbocycles. The van der Waals surface area contributed by atoms with Crippen LogP contribution in [0.15, 0.2) is 0 Å². The lowest BCUT2D eigenvalue weighted by molar-refractivity contribution is 0.0726. The molecule has 0 aliphatic heterocycles. The lowest BCUT2D eigenvalue weighted by atomic mass is 10.1. The van der Waals surface area contributed by atoms with Crippen molar-refractivity contribution in [2.75, 3.05) is 6.61 Å². The van der Waals surface area contributed by atoms with Gasteiger partial charge in [0.1, 0.15) is 0 Å². The maximum atomic E-state index is 5.89. The summed E-state index contributed by atoms with van der Waals surface area (Å²) in [6, 6.07) is 0.397. The second-order valence-electron chi connectivity index (χ2n) is 3.71. The van der Waals surface area contributed by atoms with Gasteiger partial charge in [-0.1, -0.05) is 0 Å². The van der Waals surface area contributed by atoms with Crippen LogP contribution in [0.1, 0.15) is 33.1 Å². The van der Waals surface area contributed by atoms with Crippen LogP contribution in [-0.4, -0.2) is 18.8 Å². The summed E-state index contributed by atoms with van der Waals surface area (Å²) in [5.41, 5.74) is 5.89. The normalized spacial score (nSPS) is 20.7. The Morgan fingerprint density at radius 1 is 1.45 bits per heavy atom. The molecule has 66 valence electrons. The fourth-order valence-electron chi connectivity index (χ4n) is 1.20. The van der Waals surface area contributed by atoms with E-state index in [1.807, 2.05) is 0 Å². The number of hydrogen-bond donors (Lipinski definition) is 1. The number of ether oxygens (including phenoxy) is 1. The van der Waals surface area contributed by atoms with E-state index >= 15 is 0 Å². The molecule has 1 fully saturated rings. The fourth-order valence-corrected chi connectivity index (χ4v) is 1.20. The maximum Gasteiger partial charge on any atom is 0.0518 e. The van der Waals surface area contributed by atoms with E-state index in [-0.39, 0.29) is 0 Å². The lowest BCUT2D eigenvalue weighted by Crippen LogP contribution is -2.24. The molecular weight excluding hydrogens is 138 g/mol. The van der Waals surface area contributed by atoms with Gasteiger partial charge >= 0.3 is 0 Å². The molecule has 0 aromatic carbocycles. The Morgan fingerprint density at radius 3 is 2.55 bits per heavy atom. The third-order valence-electron chi connectivity index (χ3n) is 2.13. The first kappa shape index (κ1) is 9.01. The Morgan fingerprint density at radius 2 is 2.09 bits per heavy atom. The summed E-state index contributed by atoms with van der Waals surface area (Å²) in [5.74, 6) is 0.811. The quantitative estimate of drug-likeness (QED) is 0.657. The topological polar surface area (TPSA) is 35.2 Å². The van der Waals surface area contributed by atoms with E-state index in [4.69, 9.17) is 10.5 Å². The molecule has 2 N–H and O–H groups in total. The van der Waals surface area contributed by atoms with Gasteiger partial charge in [0.2, 0.25) is 0 Å². The molecule has 1 saturated carbocycles. The molecule has 0 amide bonds. The Hall–Kier alpha value is -0.0800. The zero-order valence-corrected chi connectivity index (χ0v) is 7.55. The molecule has 1 aliphatic rings. The van der Waals surface area contributed by atoms with Gasteiger partial charge in [0.25, 0.3) is 0 Å². The minimum atomic E-state index is 0.349. The summed E-state index contributed by atoms with van der Waals surface area (Å²) in [4.78, 5) is 0. The fraction of sp³-hybridized carbons (Fsp3) is 1.00. The Kier molecular flexibility index (Phi) is 3.34. The van der Waals surface area contributed by atoms with Crippen LogP contribution in [0.3, 0.4) is 0 Å². The molecule has 1 rings (SSSR count). The van der Waals surface area contributed by atoms with Crippen molar-refractivity contribution in [1.82, 2.24) is 0 Å². The number of hydrogen-bond acceptors (Lipinski definition) is 2. The minimum absolute atomic E-state index is 0.349. The van der Waals surface area contributed by atoms with Crippen LogP contribution in [-0.2, 0) is 4.74 Å². The van der Waals surface area contributed by atoms with Gasteiger partial charge < -0.3 is 10.5 Å². The van der Waals surface area contributed by atoms with Crippen LogP contribution in [0.5, 0.6) is 0 Å². The van der Waals surface area contributed by atoms with Crippen LogP contribution >= 0.6 is 0 Å². The van der Waals surface area contributed by atoms with Crippen LogP contribution in [0.25, 0.3) is 0 Å². The largest absolute Gasteiger partial charge is 0.379 e. The van der Waals surface area contributed by atoms with Gasteiger partial charge in [-0.3, -0.25) is 0 Å². The predicted molar refractivity (Wildman–Crippen MR) is 46.4 cm³/mol. The van der Waals surface area contributed by atoms with E-state index in [1.54, 1.807) is 0 Å². The van der Waals surface area contributed by atoms with Gasteiger partial charge in [0.15, 0.2) is 0 Å². The molecule has 1 atom stereocenters. The second kappa shape index (κ2) is 4.07. The zero-order chi connectivity index (χ0) is 8.27. The van der Waals surface area contributed by atoms with Gasteiger partial charge in [-0.15, -0.1) is 0 Å². The highest BCUT2D eigenvalue weighted by molar-refractivity contribution is 4.83. The molecule has 0 heterocycles. The zero-order valence-electron chi connectivity index (χ0n) is 7.55. The van der Waals surface area contributed by atoms with Gasteiger partial charge in [-0.2, -0.15) is 0 Å². The summed E-state index contributed by atoms with van der Waals surface area (Å²) in [5, 5.41) is 0. The molecule has 2 nitrogen and oxygen atoms in total. The molecule has 11 heavy (non-hydrogen) atoms. The predicted octanol–water partition coefficient (Wildman–Crippen LogP) is 1.54. The summed E-state index contributed by atoms with van der Waals surface area (Å²) in [7, 11) is 0. The van der Waals surface area contributed by atoms with Gasteiger partial charge in [-0.25, -0.2) is 0 Å². The van der Waals surface area contributed by atoms with Crippen molar-refractivity contribution < 1.29 is 4.74 Å². The molecule has 1 unspecified atom stereocenters. The average molecular weight is 157 g/mol. The SMILES string of the molecule is CC(C)OCCC(N)C1CC1. The second-order valence-corrected chi connectivity index (χ2v) is 3.71. The van der Waals surface area contributed by atoms with Crippen LogP contribution in [0, 0.1) is 5.92 Å². The summed E-state index contributed by atoms with van der Waals surface area (Å²) in [6.07, 6.45) is 4.05. The smallest absolute Gasteiger partial charge is 0.0518 e. The molecule has 0 aromatic rings. The summed E-state index contributed by atoms with van der Waals surface area (Å²) < 4.78 is 5.41. The van der Waals surface area contributed by atoms with E-state index in [9.17, 15) is 0 Å². The van der Waals surface area contributed by atoms with Crippen LogP contribution in [0.4, 0.5) is 0 Å². The molecule has 2 heteroatoms. The average Bonchev–Trinajstić information content (AvgIpc) is 2.66. The van der Waals surface area contributed by atoms with E-state index in [0.29, 0.717) is 12.1 Å². The molecule has 0 aromatic heterocycles. The Bertz CT molecular complexity index is 110.